The molecule has 1 aliphatic rings. The first-order valence-corrected chi connectivity index (χ1v) is 8.38. The Kier molecular flexibility index (Phi) is 4.43. The van der Waals surface area contributed by atoms with E-state index in [-0.39, 0.29) is 23.9 Å². The molecule has 0 aliphatic heterocycles. The van der Waals surface area contributed by atoms with Crippen LogP contribution >= 0.6 is 11.3 Å². The van der Waals surface area contributed by atoms with E-state index >= 15 is 0 Å². The van der Waals surface area contributed by atoms with Gasteiger partial charge in [0.15, 0.2) is 0 Å². The lowest BCUT2D eigenvalue weighted by Crippen LogP contribution is -2.31. The molecule has 1 unspecified atom stereocenters. The van der Waals surface area contributed by atoms with Gasteiger partial charge < -0.3 is 10.4 Å². The Balaban J connectivity index is 1.64. The van der Waals surface area contributed by atoms with E-state index in [1.165, 1.54) is 12.1 Å². The highest BCUT2D eigenvalue weighted by Gasteiger charge is 2.35. The van der Waals surface area contributed by atoms with E-state index in [1.807, 2.05) is 13.1 Å². The van der Waals surface area contributed by atoms with Crippen molar-refractivity contribution in [1.29, 1.82) is 0 Å². The van der Waals surface area contributed by atoms with Crippen LogP contribution in [-0.2, 0) is 11.2 Å². The molecule has 5 nitrogen and oxygen atoms in total. The Labute approximate surface area is 138 Å². The molecule has 23 heavy (non-hydrogen) atoms. The van der Waals surface area contributed by atoms with Gasteiger partial charge in [0.05, 0.1) is 18.0 Å². The number of amides is 1. The highest BCUT2D eigenvalue weighted by molar-refractivity contribution is 7.11. The van der Waals surface area contributed by atoms with Gasteiger partial charge in [0.1, 0.15) is 5.01 Å². The number of aromatic nitrogens is 1. The van der Waals surface area contributed by atoms with Crippen molar-refractivity contribution in [2.75, 3.05) is 0 Å². The van der Waals surface area contributed by atoms with E-state index in [1.54, 1.807) is 23.5 Å². The summed E-state index contributed by atoms with van der Waals surface area (Å²) in [6.07, 6.45) is 4.33. The molecule has 2 aromatic rings. The smallest absolute Gasteiger partial charge is 0.335 e. The number of carbonyl (C=O) groups is 2. The molecule has 6 heteroatoms. The maximum atomic E-state index is 12.3. The standard InChI is InChI=1S/C17H18N2O3S/c1-10-9-18-16(23-10)15(12-6-7-12)19-14(20)8-11-2-4-13(5-3-11)17(21)22/h2-5,9,12,15H,6-8H2,1H3,(H,19,20)(H,21,22). The summed E-state index contributed by atoms with van der Waals surface area (Å²) in [6.45, 7) is 2.01. The lowest BCUT2D eigenvalue weighted by Gasteiger charge is -2.16. The molecular weight excluding hydrogens is 312 g/mol. The van der Waals surface area contributed by atoms with Gasteiger partial charge >= 0.3 is 5.97 Å². The highest BCUT2D eigenvalue weighted by atomic mass is 32.1. The summed E-state index contributed by atoms with van der Waals surface area (Å²) in [6, 6.07) is 6.41. The van der Waals surface area contributed by atoms with Crippen LogP contribution < -0.4 is 5.32 Å². The van der Waals surface area contributed by atoms with Gasteiger partial charge in [-0.15, -0.1) is 11.3 Å². The minimum atomic E-state index is -0.964. The van der Waals surface area contributed by atoms with Gasteiger partial charge in [-0.3, -0.25) is 4.79 Å². The first-order chi connectivity index (χ1) is 11.0. The molecule has 120 valence electrons. The Morgan fingerprint density at radius 3 is 2.57 bits per heavy atom. The van der Waals surface area contributed by atoms with Crippen molar-refractivity contribution in [3.63, 3.8) is 0 Å². The second kappa shape index (κ2) is 6.50. The number of aromatic carboxylic acids is 1. The Morgan fingerprint density at radius 1 is 1.35 bits per heavy atom. The fourth-order valence-electron chi connectivity index (χ4n) is 2.50. The van der Waals surface area contributed by atoms with E-state index in [0.29, 0.717) is 5.92 Å². The Hall–Kier alpha value is -2.21. The molecule has 0 radical (unpaired) electrons. The fourth-order valence-corrected chi connectivity index (χ4v) is 3.42. The van der Waals surface area contributed by atoms with E-state index < -0.39 is 5.97 Å². The molecule has 1 atom stereocenters. The van der Waals surface area contributed by atoms with Crippen molar-refractivity contribution in [3.8, 4) is 0 Å². The van der Waals surface area contributed by atoms with Gasteiger partial charge in [-0.2, -0.15) is 0 Å². The number of carboxylic acids is 1. The maximum Gasteiger partial charge on any atom is 0.335 e. The van der Waals surface area contributed by atoms with Crippen molar-refractivity contribution in [2.24, 2.45) is 5.92 Å². The molecule has 1 aromatic heterocycles. The lowest BCUT2D eigenvalue weighted by atomic mass is 10.1. The number of rotatable bonds is 6. The number of carboxylic acid groups (broad SMARTS) is 1. The van der Waals surface area contributed by atoms with Crippen LogP contribution in [0.2, 0.25) is 0 Å². The van der Waals surface area contributed by atoms with Gasteiger partial charge in [0, 0.05) is 11.1 Å². The molecule has 0 bridgehead atoms. The van der Waals surface area contributed by atoms with Crippen LogP contribution in [0.3, 0.4) is 0 Å². The molecule has 1 saturated carbocycles. The number of thiazole rings is 1. The highest BCUT2D eigenvalue weighted by Crippen LogP contribution is 2.42. The van der Waals surface area contributed by atoms with Crippen LogP contribution in [0.25, 0.3) is 0 Å². The van der Waals surface area contributed by atoms with E-state index in [2.05, 4.69) is 10.3 Å². The van der Waals surface area contributed by atoms with Gasteiger partial charge in [-0.25, -0.2) is 9.78 Å². The predicted molar refractivity (Wildman–Crippen MR) is 87.6 cm³/mol. The van der Waals surface area contributed by atoms with Crippen LogP contribution in [0.4, 0.5) is 0 Å². The third-order valence-corrected chi connectivity index (χ3v) is 4.88. The largest absolute Gasteiger partial charge is 0.478 e. The molecular formula is C17H18N2O3S. The van der Waals surface area contributed by atoms with Gasteiger partial charge in [0.25, 0.3) is 0 Å². The minimum absolute atomic E-state index is 0.000470. The SMILES string of the molecule is Cc1cnc(C(NC(=O)Cc2ccc(C(=O)O)cc2)C2CC2)s1. The average molecular weight is 330 g/mol. The second-order valence-electron chi connectivity index (χ2n) is 5.87. The van der Waals surface area contributed by atoms with Crippen molar-refractivity contribution < 1.29 is 14.7 Å². The number of benzene rings is 1. The zero-order chi connectivity index (χ0) is 16.4. The molecule has 1 fully saturated rings. The van der Waals surface area contributed by atoms with Crippen molar-refractivity contribution in [1.82, 2.24) is 10.3 Å². The van der Waals surface area contributed by atoms with Crippen LogP contribution in [0.5, 0.6) is 0 Å². The Bertz CT molecular complexity index is 720. The van der Waals surface area contributed by atoms with Crippen molar-refractivity contribution in [2.45, 2.75) is 32.2 Å². The summed E-state index contributed by atoms with van der Waals surface area (Å²) in [7, 11) is 0. The maximum absolute atomic E-state index is 12.3. The van der Waals surface area contributed by atoms with Crippen molar-refractivity contribution in [3.05, 3.63) is 51.5 Å². The number of hydrogen-bond donors (Lipinski definition) is 2. The van der Waals surface area contributed by atoms with Crippen LogP contribution in [0.15, 0.2) is 30.5 Å². The summed E-state index contributed by atoms with van der Waals surface area (Å²) < 4.78 is 0. The van der Waals surface area contributed by atoms with Crippen LogP contribution in [0, 0.1) is 12.8 Å². The minimum Gasteiger partial charge on any atom is -0.478 e. The van der Waals surface area contributed by atoms with Crippen LogP contribution in [0.1, 0.15) is 44.7 Å². The quantitative estimate of drug-likeness (QED) is 0.853. The monoisotopic (exact) mass is 330 g/mol. The first-order valence-electron chi connectivity index (χ1n) is 7.57. The molecule has 3 rings (SSSR count). The van der Waals surface area contributed by atoms with E-state index in [9.17, 15) is 9.59 Å². The van der Waals surface area contributed by atoms with E-state index in [4.69, 9.17) is 5.11 Å². The molecule has 1 amide bonds. The summed E-state index contributed by atoms with van der Waals surface area (Å²) in [5, 5.41) is 12.9. The number of aryl methyl sites for hydroxylation is 1. The topological polar surface area (TPSA) is 79.3 Å². The van der Waals surface area contributed by atoms with Crippen molar-refractivity contribution >= 4 is 23.2 Å². The molecule has 0 spiro atoms. The third-order valence-electron chi connectivity index (χ3n) is 3.88. The summed E-state index contributed by atoms with van der Waals surface area (Å²) in [5.74, 6) is -0.536. The average Bonchev–Trinajstić information content (AvgIpc) is 3.27. The molecule has 0 saturated heterocycles. The van der Waals surface area contributed by atoms with Gasteiger partial charge in [-0.1, -0.05) is 12.1 Å². The molecule has 1 heterocycles. The second-order valence-corrected chi connectivity index (χ2v) is 7.14. The zero-order valence-corrected chi connectivity index (χ0v) is 13.6. The summed E-state index contributed by atoms with van der Waals surface area (Å²) in [4.78, 5) is 28.7. The third kappa shape index (κ3) is 3.96. The normalized spacial score (nSPS) is 15.2. The number of carbonyl (C=O) groups excluding carboxylic acids is 1. The molecule has 1 aliphatic carbocycles. The first kappa shape index (κ1) is 15.7. The summed E-state index contributed by atoms with van der Waals surface area (Å²) in [5.41, 5.74) is 1.03. The number of nitrogens with zero attached hydrogens (tertiary/aromatic N) is 1. The van der Waals surface area contributed by atoms with Gasteiger partial charge in [0.2, 0.25) is 5.91 Å². The molecule has 2 N–H and O–H groups in total. The Morgan fingerprint density at radius 2 is 2.04 bits per heavy atom. The number of hydrogen-bond acceptors (Lipinski definition) is 4. The predicted octanol–water partition coefficient (Wildman–Crippen LogP) is 2.96. The zero-order valence-electron chi connectivity index (χ0n) is 12.8. The van der Waals surface area contributed by atoms with Gasteiger partial charge in [-0.05, 0) is 43.4 Å². The summed E-state index contributed by atoms with van der Waals surface area (Å²) >= 11 is 1.63. The fraction of sp³-hybridized carbons (Fsp3) is 0.353. The van der Waals surface area contributed by atoms with E-state index in [0.717, 1.165) is 28.3 Å². The lowest BCUT2D eigenvalue weighted by molar-refractivity contribution is -0.121. The molecule has 1 aromatic carbocycles. The number of nitrogens with one attached hydrogen (secondary N) is 1. The van der Waals surface area contributed by atoms with Crippen LogP contribution in [-0.4, -0.2) is 22.0 Å².